The lowest BCUT2D eigenvalue weighted by Crippen LogP contribution is -2.50. The highest BCUT2D eigenvalue weighted by atomic mass is 19.3. The van der Waals surface area contributed by atoms with Gasteiger partial charge in [0.25, 0.3) is 11.8 Å². The molecule has 1 amide bonds. The summed E-state index contributed by atoms with van der Waals surface area (Å²) in [6.45, 7) is 1.64. The monoisotopic (exact) mass is 351 g/mol. The van der Waals surface area contributed by atoms with Gasteiger partial charge in [0.1, 0.15) is 5.76 Å². The first-order valence-corrected chi connectivity index (χ1v) is 8.03. The molecule has 0 spiro atoms. The number of carbonyl (C=O) groups excluding carboxylic acids is 1. The molecule has 1 aliphatic heterocycles. The van der Waals surface area contributed by atoms with E-state index in [1.54, 1.807) is 25.4 Å². The van der Waals surface area contributed by atoms with Gasteiger partial charge >= 0.3 is 0 Å². The minimum atomic E-state index is -2.87. The van der Waals surface area contributed by atoms with Crippen molar-refractivity contribution in [2.45, 2.75) is 25.9 Å². The van der Waals surface area contributed by atoms with Crippen LogP contribution in [0.5, 0.6) is 0 Å². The standard InChI is InChI=1S/C17H19F2N3O3/c1-12-7-15(21-25-12)16(23)22-6-4-17(18,19)14(9-22)11-24-10-13-3-2-5-20-8-13/h2-3,5,7-8,14H,4,6,9-11H2,1H3. The Morgan fingerprint density at radius 2 is 2.36 bits per heavy atom. The number of aromatic nitrogens is 2. The minimum Gasteiger partial charge on any atom is -0.376 e. The lowest BCUT2D eigenvalue weighted by molar-refractivity contribution is -0.124. The van der Waals surface area contributed by atoms with Crippen LogP contribution in [0, 0.1) is 12.8 Å². The number of pyridine rings is 1. The molecule has 1 saturated heterocycles. The molecular formula is C17H19F2N3O3. The van der Waals surface area contributed by atoms with Crippen molar-refractivity contribution < 1.29 is 22.8 Å². The summed E-state index contributed by atoms with van der Waals surface area (Å²) in [6.07, 6.45) is 2.87. The van der Waals surface area contributed by atoms with Crippen molar-refractivity contribution in [3.63, 3.8) is 0 Å². The number of hydrogen-bond donors (Lipinski definition) is 0. The quantitative estimate of drug-likeness (QED) is 0.828. The van der Waals surface area contributed by atoms with Crippen LogP contribution in [0.25, 0.3) is 0 Å². The molecule has 1 unspecified atom stereocenters. The van der Waals surface area contributed by atoms with Crippen LogP contribution in [-0.2, 0) is 11.3 Å². The number of rotatable bonds is 5. The Bertz CT molecular complexity index is 721. The summed E-state index contributed by atoms with van der Waals surface area (Å²) in [5.74, 6) is -3.83. The van der Waals surface area contributed by atoms with Gasteiger partial charge in [0.15, 0.2) is 5.69 Å². The molecule has 1 atom stereocenters. The second-order valence-corrected chi connectivity index (χ2v) is 6.16. The molecule has 0 radical (unpaired) electrons. The second kappa shape index (κ2) is 7.26. The van der Waals surface area contributed by atoms with Gasteiger partial charge in [-0.05, 0) is 18.6 Å². The number of ether oxygens (including phenoxy) is 1. The average Bonchev–Trinajstić information content (AvgIpc) is 3.03. The molecule has 0 bridgehead atoms. The van der Waals surface area contributed by atoms with Crippen LogP contribution >= 0.6 is 0 Å². The highest BCUT2D eigenvalue weighted by molar-refractivity contribution is 5.92. The van der Waals surface area contributed by atoms with Gasteiger partial charge in [-0.2, -0.15) is 0 Å². The third-order valence-electron chi connectivity index (χ3n) is 4.20. The summed E-state index contributed by atoms with van der Waals surface area (Å²) < 4.78 is 38.7. The predicted octanol–water partition coefficient (Wildman–Crippen LogP) is 2.69. The van der Waals surface area contributed by atoms with Crippen LogP contribution < -0.4 is 0 Å². The number of carbonyl (C=O) groups is 1. The van der Waals surface area contributed by atoms with Crippen molar-refractivity contribution in [3.05, 3.63) is 47.6 Å². The molecule has 8 heteroatoms. The largest absolute Gasteiger partial charge is 0.376 e. The molecule has 6 nitrogen and oxygen atoms in total. The zero-order valence-electron chi connectivity index (χ0n) is 13.8. The van der Waals surface area contributed by atoms with Gasteiger partial charge in [-0.1, -0.05) is 11.2 Å². The Morgan fingerprint density at radius 1 is 1.52 bits per heavy atom. The van der Waals surface area contributed by atoms with E-state index in [4.69, 9.17) is 9.26 Å². The molecule has 0 N–H and O–H groups in total. The first kappa shape index (κ1) is 17.5. The third kappa shape index (κ3) is 4.19. The molecule has 0 aliphatic carbocycles. The molecule has 0 aromatic carbocycles. The molecule has 2 aromatic rings. The van der Waals surface area contributed by atoms with Gasteiger partial charge in [-0.25, -0.2) is 8.78 Å². The Hall–Kier alpha value is -2.35. The van der Waals surface area contributed by atoms with Crippen molar-refractivity contribution in [1.82, 2.24) is 15.0 Å². The number of piperidine rings is 1. The zero-order chi connectivity index (χ0) is 17.9. The van der Waals surface area contributed by atoms with Crippen molar-refractivity contribution in [2.75, 3.05) is 19.7 Å². The first-order valence-electron chi connectivity index (χ1n) is 8.03. The highest BCUT2D eigenvalue weighted by Gasteiger charge is 2.45. The van der Waals surface area contributed by atoms with Crippen LogP contribution in [0.3, 0.4) is 0 Å². The minimum absolute atomic E-state index is 0.0170. The number of hydrogen-bond acceptors (Lipinski definition) is 5. The number of nitrogens with zero attached hydrogens (tertiary/aromatic N) is 3. The smallest absolute Gasteiger partial charge is 0.276 e. The molecular weight excluding hydrogens is 332 g/mol. The molecule has 134 valence electrons. The van der Waals surface area contributed by atoms with Crippen molar-refractivity contribution in [1.29, 1.82) is 0 Å². The maximum atomic E-state index is 14.2. The van der Waals surface area contributed by atoms with E-state index in [1.807, 2.05) is 6.07 Å². The maximum absolute atomic E-state index is 14.2. The molecule has 25 heavy (non-hydrogen) atoms. The molecule has 3 heterocycles. The highest BCUT2D eigenvalue weighted by Crippen LogP contribution is 2.34. The molecule has 2 aromatic heterocycles. The van der Waals surface area contributed by atoms with Gasteiger partial charge in [-0.15, -0.1) is 0 Å². The van der Waals surface area contributed by atoms with E-state index < -0.39 is 24.2 Å². The van der Waals surface area contributed by atoms with E-state index in [0.29, 0.717) is 5.76 Å². The van der Waals surface area contributed by atoms with E-state index in [0.717, 1.165) is 5.56 Å². The molecule has 1 fully saturated rings. The van der Waals surface area contributed by atoms with Gasteiger partial charge in [-0.3, -0.25) is 9.78 Å². The summed E-state index contributed by atoms with van der Waals surface area (Å²) in [5.41, 5.74) is 0.949. The predicted molar refractivity (Wildman–Crippen MR) is 84.1 cm³/mol. The van der Waals surface area contributed by atoms with Gasteiger partial charge in [0.2, 0.25) is 0 Å². The van der Waals surface area contributed by atoms with Crippen LogP contribution in [0.2, 0.25) is 0 Å². The third-order valence-corrected chi connectivity index (χ3v) is 4.20. The summed E-state index contributed by atoms with van der Waals surface area (Å²) in [7, 11) is 0. The van der Waals surface area contributed by atoms with Gasteiger partial charge in [0.05, 0.1) is 19.1 Å². The molecule has 3 rings (SSSR count). The molecule has 0 saturated carbocycles. The normalized spacial score (nSPS) is 19.8. The van der Waals surface area contributed by atoms with Crippen LogP contribution in [-0.4, -0.2) is 46.6 Å². The summed E-state index contributed by atoms with van der Waals surface area (Å²) in [6, 6.07) is 5.08. The van der Waals surface area contributed by atoms with Crippen LogP contribution in [0.15, 0.2) is 35.1 Å². The van der Waals surface area contributed by atoms with E-state index in [1.165, 1.54) is 11.0 Å². The fourth-order valence-electron chi connectivity index (χ4n) is 2.77. The Labute approximate surface area is 143 Å². The Morgan fingerprint density at radius 3 is 3.04 bits per heavy atom. The summed E-state index contributed by atoms with van der Waals surface area (Å²) >= 11 is 0. The first-order chi connectivity index (χ1) is 12.0. The second-order valence-electron chi connectivity index (χ2n) is 6.16. The Kier molecular flexibility index (Phi) is 5.08. The van der Waals surface area contributed by atoms with E-state index >= 15 is 0 Å². The molecule has 1 aliphatic rings. The number of likely N-dealkylation sites (tertiary alicyclic amines) is 1. The van der Waals surface area contributed by atoms with Crippen molar-refractivity contribution >= 4 is 5.91 Å². The van der Waals surface area contributed by atoms with Gasteiger partial charge < -0.3 is 14.2 Å². The fourth-order valence-corrected chi connectivity index (χ4v) is 2.77. The number of amides is 1. The topological polar surface area (TPSA) is 68.5 Å². The lowest BCUT2D eigenvalue weighted by atomic mass is 9.94. The van der Waals surface area contributed by atoms with E-state index in [9.17, 15) is 13.6 Å². The average molecular weight is 351 g/mol. The SMILES string of the molecule is Cc1cc(C(=O)N2CCC(F)(F)C(COCc3cccnc3)C2)no1. The maximum Gasteiger partial charge on any atom is 0.276 e. The number of aryl methyl sites for hydroxylation is 1. The van der Waals surface area contributed by atoms with Crippen molar-refractivity contribution in [3.8, 4) is 0 Å². The van der Waals surface area contributed by atoms with Crippen molar-refractivity contribution in [2.24, 2.45) is 5.92 Å². The fraction of sp³-hybridized carbons (Fsp3) is 0.471. The zero-order valence-corrected chi connectivity index (χ0v) is 13.8. The van der Waals surface area contributed by atoms with E-state index in [-0.39, 0.29) is 32.0 Å². The van der Waals surface area contributed by atoms with Gasteiger partial charge in [0, 0.05) is 38.0 Å². The summed E-state index contributed by atoms with van der Waals surface area (Å²) in [4.78, 5) is 17.7. The number of halogens is 2. The Balaban J connectivity index is 1.60. The number of alkyl halides is 2. The van der Waals surface area contributed by atoms with E-state index in [2.05, 4.69) is 10.1 Å². The van der Waals surface area contributed by atoms with Crippen LogP contribution in [0.4, 0.5) is 8.78 Å². The lowest BCUT2D eigenvalue weighted by Gasteiger charge is -2.37. The van der Waals surface area contributed by atoms with Crippen LogP contribution in [0.1, 0.15) is 28.2 Å². The summed E-state index contributed by atoms with van der Waals surface area (Å²) in [5, 5.41) is 3.66.